The largest absolute Gasteiger partial charge is 0.461 e. The van der Waals surface area contributed by atoms with Crippen LogP contribution in [0.15, 0.2) is 0 Å². The number of ether oxygens (including phenoxy) is 2. The summed E-state index contributed by atoms with van der Waals surface area (Å²) in [6, 6.07) is -0.703. The third-order valence-corrected chi connectivity index (χ3v) is 3.70. The molecule has 0 bridgehead atoms. The number of hydrogen-bond donors (Lipinski definition) is 1. The van der Waals surface area contributed by atoms with E-state index in [9.17, 15) is 9.59 Å². The summed E-state index contributed by atoms with van der Waals surface area (Å²) in [5.74, 6) is 0.0374. The summed E-state index contributed by atoms with van der Waals surface area (Å²) < 4.78 is 10.6. The van der Waals surface area contributed by atoms with Gasteiger partial charge in [0.25, 0.3) is 0 Å². The van der Waals surface area contributed by atoms with E-state index in [0.29, 0.717) is 5.92 Å². The monoisotopic (exact) mass is 299 g/mol. The molecule has 1 saturated carbocycles. The fourth-order valence-corrected chi connectivity index (χ4v) is 2.53. The average molecular weight is 299 g/mol. The second kappa shape index (κ2) is 7.66. The molecule has 1 aliphatic rings. The minimum absolute atomic E-state index is 0.0966. The first-order valence-electron chi connectivity index (χ1n) is 7.89. The summed E-state index contributed by atoms with van der Waals surface area (Å²) in [6.45, 7) is 8.88. The smallest absolute Gasteiger partial charge is 0.408 e. The molecule has 0 radical (unpaired) electrons. The number of nitrogens with one attached hydrogen (secondary N) is 1. The normalized spacial score (nSPS) is 19.5. The van der Waals surface area contributed by atoms with Gasteiger partial charge in [0.2, 0.25) is 0 Å². The number of amides is 1. The number of alkyl carbamates (subject to hydrolysis) is 1. The molecule has 0 aliphatic heterocycles. The molecule has 1 fully saturated rings. The van der Waals surface area contributed by atoms with Crippen molar-refractivity contribution in [1.82, 2.24) is 5.32 Å². The van der Waals surface area contributed by atoms with Gasteiger partial charge in [-0.3, -0.25) is 0 Å². The lowest BCUT2D eigenvalue weighted by molar-refractivity contribution is -0.153. The van der Waals surface area contributed by atoms with Gasteiger partial charge in [-0.1, -0.05) is 19.3 Å². The van der Waals surface area contributed by atoms with Crippen LogP contribution in [0.3, 0.4) is 0 Å². The molecule has 1 N–H and O–H groups in total. The van der Waals surface area contributed by atoms with Gasteiger partial charge in [-0.25, -0.2) is 9.59 Å². The van der Waals surface area contributed by atoms with Crippen LogP contribution in [0.5, 0.6) is 0 Å². The van der Waals surface area contributed by atoms with Crippen molar-refractivity contribution in [1.29, 1.82) is 0 Å². The molecule has 1 aliphatic carbocycles. The van der Waals surface area contributed by atoms with Crippen LogP contribution in [-0.2, 0) is 14.3 Å². The Kier molecular flexibility index (Phi) is 6.49. The van der Waals surface area contributed by atoms with Crippen LogP contribution in [0.1, 0.15) is 66.7 Å². The maximum atomic E-state index is 12.0. The quantitative estimate of drug-likeness (QED) is 0.808. The van der Waals surface area contributed by atoms with E-state index in [-0.39, 0.29) is 6.10 Å². The first kappa shape index (κ1) is 17.8. The van der Waals surface area contributed by atoms with E-state index in [0.717, 1.165) is 12.8 Å². The Labute approximate surface area is 127 Å². The number of hydrogen-bond acceptors (Lipinski definition) is 4. The fraction of sp³-hybridized carbons (Fsp3) is 0.875. The van der Waals surface area contributed by atoms with E-state index in [4.69, 9.17) is 9.47 Å². The van der Waals surface area contributed by atoms with Gasteiger partial charge in [0, 0.05) is 0 Å². The molecule has 0 saturated heterocycles. The Balaban J connectivity index is 2.38. The number of rotatable bonds is 4. The van der Waals surface area contributed by atoms with Crippen LogP contribution in [-0.4, -0.2) is 29.8 Å². The lowest BCUT2D eigenvalue weighted by Gasteiger charge is -2.28. The highest BCUT2D eigenvalue weighted by molar-refractivity contribution is 5.81. The Morgan fingerprint density at radius 3 is 2.19 bits per heavy atom. The van der Waals surface area contributed by atoms with Gasteiger partial charge in [0.15, 0.2) is 0 Å². The van der Waals surface area contributed by atoms with Crippen molar-refractivity contribution >= 4 is 12.1 Å². The molecule has 2 unspecified atom stereocenters. The molecular formula is C16H29NO4. The Hall–Kier alpha value is -1.26. The van der Waals surface area contributed by atoms with E-state index in [1.54, 1.807) is 27.7 Å². The molecule has 1 rings (SSSR count). The molecule has 21 heavy (non-hydrogen) atoms. The molecule has 122 valence electrons. The number of esters is 1. The van der Waals surface area contributed by atoms with Crippen molar-refractivity contribution in [2.24, 2.45) is 5.92 Å². The third kappa shape index (κ3) is 6.82. The van der Waals surface area contributed by atoms with E-state index in [1.165, 1.54) is 19.3 Å². The molecule has 0 aromatic carbocycles. The predicted octanol–water partition coefficient (Wildman–Crippen LogP) is 3.41. The minimum atomic E-state index is -0.703. The second-order valence-electron chi connectivity index (χ2n) is 6.91. The topological polar surface area (TPSA) is 64.6 Å². The van der Waals surface area contributed by atoms with Gasteiger partial charge in [-0.05, 0) is 53.4 Å². The first-order valence-corrected chi connectivity index (χ1v) is 7.89. The summed E-state index contributed by atoms with van der Waals surface area (Å²) in [6.07, 6.45) is 5.22. The Morgan fingerprint density at radius 2 is 1.67 bits per heavy atom. The summed E-state index contributed by atoms with van der Waals surface area (Å²) in [5, 5.41) is 2.51. The highest BCUT2D eigenvalue weighted by atomic mass is 16.6. The van der Waals surface area contributed by atoms with Crippen LogP contribution >= 0.6 is 0 Å². The lowest BCUT2D eigenvalue weighted by Crippen LogP contribution is -2.43. The van der Waals surface area contributed by atoms with Crippen LogP contribution < -0.4 is 5.32 Å². The zero-order chi connectivity index (χ0) is 16.0. The van der Waals surface area contributed by atoms with Gasteiger partial charge in [-0.2, -0.15) is 0 Å². The Bertz CT molecular complexity index is 356. The number of carbonyl (C=O) groups is 2. The van der Waals surface area contributed by atoms with E-state index < -0.39 is 23.7 Å². The maximum absolute atomic E-state index is 12.0. The van der Waals surface area contributed by atoms with Crippen molar-refractivity contribution in [3.8, 4) is 0 Å². The molecular weight excluding hydrogens is 270 g/mol. The standard InChI is InChI=1S/C16H29NO4/c1-11(17-15(19)21-16(3,4)5)14(18)20-12(2)13-9-7-6-8-10-13/h11-13H,6-10H2,1-5H3,(H,17,19). The molecule has 0 aromatic heterocycles. The van der Waals surface area contributed by atoms with Crippen molar-refractivity contribution in [3.63, 3.8) is 0 Å². The average Bonchev–Trinajstić information content (AvgIpc) is 2.37. The van der Waals surface area contributed by atoms with Gasteiger partial charge in [0.05, 0.1) is 0 Å². The summed E-state index contributed by atoms with van der Waals surface area (Å²) in [5.41, 5.74) is -0.580. The van der Waals surface area contributed by atoms with E-state index in [1.807, 2.05) is 6.92 Å². The SMILES string of the molecule is CC(NC(=O)OC(C)(C)C)C(=O)OC(C)C1CCCCC1. The third-order valence-electron chi connectivity index (χ3n) is 3.70. The molecule has 1 amide bonds. The fourth-order valence-electron chi connectivity index (χ4n) is 2.53. The van der Waals surface area contributed by atoms with Gasteiger partial charge < -0.3 is 14.8 Å². The van der Waals surface area contributed by atoms with Crippen molar-refractivity contribution in [2.75, 3.05) is 0 Å². The molecule has 2 atom stereocenters. The van der Waals surface area contributed by atoms with Crippen LogP contribution in [0.25, 0.3) is 0 Å². The molecule has 0 heterocycles. The summed E-state index contributed by atoms with van der Waals surface area (Å²) in [4.78, 5) is 23.6. The predicted molar refractivity (Wildman–Crippen MR) is 81.0 cm³/mol. The highest BCUT2D eigenvalue weighted by Gasteiger charge is 2.27. The van der Waals surface area contributed by atoms with Gasteiger partial charge in [0.1, 0.15) is 17.7 Å². The zero-order valence-corrected chi connectivity index (χ0v) is 13.9. The van der Waals surface area contributed by atoms with E-state index >= 15 is 0 Å². The van der Waals surface area contributed by atoms with Crippen LogP contribution in [0.4, 0.5) is 4.79 Å². The van der Waals surface area contributed by atoms with Crippen LogP contribution in [0.2, 0.25) is 0 Å². The van der Waals surface area contributed by atoms with Gasteiger partial charge in [-0.15, -0.1) is 0 Å². The molecule has 5 nitrogen and oxygen atoms in total. The Morgan fingerprint density at radius 1 is 1.10 bits per heavy atom. The summed E-state index contributed by atoms with van der Waals surface area (Å²) in [7, 11) is 0. The summed E-state index contributed by atoms with van der Waals surface area (Å²) >= 11 is 0. The second-order valence-corrected chi connectivity index (χ2v) is 6.91. The van der Waals surface area contributed by atoms with E-state index in [2.05, 4.69) is 5.32 Å². The molecule has 0 spiro atoms. The van der Waals surface area contributed by atoms with Crippen LogP contribution in [0, 0.1) is 5.92 Å². The maximum Gasteiger partial charge on any atom is 0.408 e. The highest BCUT2D eigenvalue weighted by Crippen LogP contribution is 2.27. The minimum Gasteiger partial charge on any atom is -0.461 e. The van der Waals surface area contributed by atoms with Crippen molar-refractivity contribution in [3.05, 3.63) is 0 Å². The zero-order valence-electron chi connectivity index (χ0n) is 13.9. The van der Waals surface area contributed by atoms with Gasteiger partial charge >= 0.3 is 12.1 Å². The molecule has 0 aromatic rings. The number of carbonyl (C=O) groups excluding carboxylic acids is 2. The van der Waals surface area contributed by atoms with Crippen molar-refractivity contribution in [2.45, 2.75) is 84.5 Å². The molecule has 5 heteroatoms. The lowest BCUT2D eigenvalue weighted by atomic mass is 9.86. The van der Waals surface area contributed by atoms with Crippen molar-refractivity contribution < 1.29 is 19.1 Å². The first-order chi connectivity index (χ1) is 9.69.